The molecule has 1 aromatic heterocycles. The lowest BCUT2D eigenvalue weighted by molar-refractivity contribution is -0.113. The number of hydrogen-bond donors (Lipinski definition) is 2. The van der Waals surface area contributed by atoms with Gasteiger partial charge in [-0.3, -0.25) is 9.36 Å². The van der Waals surface area contributed by atoms with Crippen LogP contribution >= 0.6 is 23.5 Å². The van der Waals surface area contributed by atoms with Crippen LogP contribution in [0.15, 0.2) is 33.0 Å². The Balaban J connectivity index is 1.93. The number of ether oxygens (including phenoxy) is 1. The molecule has 0 spiro atoms. The number of nitrogens with zero attached hydrogens (tertiary/aromatic N) is 3. The number of nitrogens with one attached hydrogen (secondary N) is 2. The summed E-state index contributed by atoms with van der Waals surface area (Å²) in [5, 5.41) is 20.4. The highest BCUT2D eigenvalue weighted by Crippen LogP contribution is 2.23. The second-order valence-electron chi connectivity index (χ2n) is 5.32. The maximum absolute atomic E-state index is 12.2. The molecular formula is C16H19N5O3S2. The summed E-state index contributed by atoms with van der Waals surface area (Å²) >= 11 is 2.26. The van der Waals surface area contributed by atoms with Crippen LogP contribution in [0.1, 0.15) is 12.0 Å². The lowest BCUT2D eigenvalue weighted by atomic mass is 10.2. The molecule has 0 aliphatic rings. The summed E-state index contributed by atoms with van der Waals surface area (Å²) in [6, 6.07) is 5.40. The third-order valence-electron chi connectivity index (χ3n) is 3.42. The molecule has 1 amide bonds. The zero-order valence-electron chi connectivity index (χ0n) is 14.4. The monoisotopic (exact) mass is 393 g/mol. The van der Waals surface area contributed by atoms with Crippen molar-refractivity contribution in [2.75, 3.05) is 24.8 Å². The van der Waals surface area contributed by atoms with E-state index in [-0.39, 0.29) is 17.3 Å². The zero-order chi connectivity index (χ0) is 18.9. The number of aromatic amines is 1. The number of benzene rings is 1. The van der Waals surface area contributed by atoms with Crippen LogP contribution in [0.25, 0.3) is 0 Å². The van der Waals surface area contributed by atoms with Crippen molar-refractivity contribution in [3.05, 3.63) is 34.2 Å². The second-order valence-corrected chi connectivity index (χ2v) is 7.12. The standard InChI is InChI=1S/C16H19N5O3S2/c1-11-8-12(26-10-17)4-5-13(11)18-14(22)9-25-16-20-19-15(23)21(16)6-3-7-24-2/h4-5,8H,3,6-7,9H2,1-2H3,(H,18,22)(H,19,23). The van der Waals surface area contributed by atoms with Crippen molar-refractivity contribution in [3.8, 4) is 5.40 Å². The van der Waals surface area contributed by atoms with Crippen molar-refractivity contribution < 1.29 is 9.53 Å². The molecule has 0 bridgehead atoms. The van der Waals surface area contributed by atoms with Gasteiger partial charge in [0.15, 0.2) is 5.16 Å². The van der Waals surface area contributed by atoms with Crippen LogP contribution < -0.4 is 11.0 Å². The molecule has 0 radical (unpaired) electrons. The molecule has 0 unspecified atom stereocenters. The molecule has 26 heavy (non-hydrogen) atoms. The molecule has 138 valence electrons. The number of carbonyl (C=O) groups is 1. The fourth-order valence-electron chi connectivity index (χ4n) is 2.19. The van der Waals surface area contributed by atoms with Gasteiger partial charge >= 0.3 is 5.69 Å². The number of methoxy groups -OCH3 is 1. The highest BCUT2D eigenvalue weighted by molar-refractivity contribution is 8.03. The highest BCUT2D eigenvalue weighted by atomic mass is 32.2. The highest BCUT2D eigenvalue weighted by Gasteiger charge is 2.12. The smallest absolute Gasteiger partial charge is 0.343 e. The fraction of sp³-hybridized carbons (Fsp3) is 0.375. The molecular weight excluding hydrogens is 374 g/mol. The molecule has 0 atom stereocenters. The Morgan fingerprint density at radius 2 is 2.31 bits per heavy atom. The minimum Gasteiger partial charge on any atom is -0.385 e. The van der Waals surface area contributed by atoms with Gasteiger partial charge in [-0.1, -0.05) is 11.8 Å². The van der Waals surface area contributed by atoms with E-state index in [4.69, 9.17) is 10.00 Å². The second kappa shape index (κ2) is 10.1. The topological polar surface area (TPSA) is 113 Å². The van der Waals surface area contributed by atoms with E-state index in [0.29, 0.717) is 30.4 Å². The molecule has 1 aromatic carbocycles. The Morgan fingerprint density at radius 3 is 3.00 bits per heavy atom. The predicted octanol–water partition coefficient (Wildman–Crippen LogP) is 2.22. The van der Waals surface area contributed by atoms with E-state index in [0.717, 1.165) is 22.2 Å². The summed E-state index contributed by atoms with van der Waals surface area (Å²) in [4.78, 5) is 24.8. The molecule has 0 aliphatic carbocycles. The van der Waals surface area contributed by atoms with Crippen molar-refractivity contribution in [1.29, 1.82) is 5.26 Å². The van der Waals surface area contributed by atoms with Gasteiger partial charge in [0.05, 0.1) is 5.75 Å². The van der Waals surface area contributed by atoms with Crippen LogP contribution in [0.2, 0.25) is 0 Å². The largest absolute Gasteiger partial charge is 0.385 e. The molecule has 2 N–H and O–H groups in total. The summed E-state index contributed by atoms with van der Waals surface area (Å²) in [5.74, 6) is -0.0689. The van der Waals surface area contributed by atoms with E-state index in [1.807, 2.05) is 18.4 Å². The van der Waals surface area contributed by atoms with Gasteiger partial charge in [-0.2, -0.15) is 5.26 Å². The Morgan fingerprint density at radius 1 is 1.50 bits per heavy atom. The van der Waals surface area contributed by atoms with Crippen LogP contribution in [0.3, 0.4) is 0 Å². The summed E-state index contributed by atoms with van der Waals surface area (Å²) in [7, 11) is 1.60. The van der Waals surface area contributed by atoms with Crippen molar-refractivity contribution in [1.82, 2.24) is 14.8 Å². The fourth-order valence-corrected chi connectivity index (χ4v) is 3.44. The van der Waals surface area contributed by atoms with Gasteiger partial charge in [-0.25, -0.2) is 9.89 Å². The number of aryl methyl sites for hydroxylation is 1. The molecule has 2 aromatic rings. The number of thioether (sulfide) groups is 2. The minimum atomic E-state index is -0.301. The summed E-state index contributed by atoms with van der Waals surface area (Å²) in [6.07, 6.45) is 0.682. The lowest BCUT2D eigenvalue weighted by Crippen LogP contribution is -2.19. The summed E-state index contributed by atoms with van der Waals surface area (Å²) in [6.45, 7) is 2.89. The lowest BCUT2D eigenvalue weighted by Gasteiger charge is -2.09. The molecule has 10 heteroatoms. The zero-order valence-corrected chi connectivity index (χ0v) is 16.1. The van der Waals surface area contributed by atoms with Crippen LogP contribution in [0.4, 0.5) is 5.69 Å². The van der Waals surface area contributed by atoms with Gasteiger partial charge in [0, 0.05) is 30.8 Å². The van der Waals surface area contributed by atoms with Crippen LogP contribution in [-0.2, 0) is 16.1 Å². The Labute approximate surface area is 159 Å². The van der Waals surface area contributed by atoms with Gasteiger partial charge in [-0.05, 0) is 48.9 Å². The van der Waals surface area contributed by atoms with Gasteiger partial charge in [0.1, 0.15) is 5.40 Å². The first-order chi connectivity index (χ1) is 12.5. The number of carbonyl (C=O) groups excluding carboxylic acids is 1. The molecule has 0 saturated heterocycles. The maximum Gasteiger partial charge on any atom is 0.343 e. The Bertz CT molecular complexity index is 856. The van der Waals surface area contributed by atoms with Crippen molar-refractivity contribution in [2.45, 2.75) is 29.9 Å². The van der Waals surface area contributed by atoms with Gasteiger partial charge in [0.25, 0.3) is 0 Å². The summed E-state index contributed by atoms with van der Waals surface area (Å²) < 4.78 is 6.48. The first-order valence-corrected chi connectivity index (χ1v) is 9.58. The van der Waals surface area contributed by atoms with Crippen LogP contribution in [0, 0.1) is 17.6 Å². The number of nitriles is 1. The third kappa shape index (κ3) is 5.66. The summed E-state index contributed by atoms with van der Waals surface area (Å²) in [5.41, 5.74) is 1.27. The van der Waals surface area contributed by atoms with E-state index < -0.39 is 0 Å². The number of hydrogen-bond acceptors (Lipinski definition) is 7. The molecule has 0 fully saturated rings. The molecule has 8 nitrogen and oxygen atoms in total. The van der Waals surface area contributed by atoms with Crippen molar-refractivity contribution in [3.63, 3.8) is 0 Å². The SMILES string of the molecule is COCCCn1c(SCC(=O)Nc2ccc(SC#N)cc2C)n[nH]c1=O. The van der Waals surface area contributed by atoms with Crippen LogP contribution in [0.5, 0.6) is 0 Å². The quantitative estimate of drug-likeness (QED) is 0.381. The first-order valence-electron chi connectivity index (χ1n) is 7.78. The molecule has 0 aliphatic heterocycles. The molecule has 2 rings (SSSR count). The van der Waals surface area contributed by atoms with Gasteiger partial charge < -0.3 is 10.1 Å². The van der Waals surface area contributed by atoms with E-state index >= 15 is 0 Å². The average Bonchev–Trinajstić information content (AvgIpc) is 2.96. The number of rotatable bonds is 9. The third-order valence-corrected chi connectivity index (χ3v) is 4.98. The minimum absolute atomic E-state index is 0.128. The van der Waals surface area contributed by atoms with Gasteiger partial charge in [0.2, 0.25) is 5.91 Å². The average molecular weight is 393 g/mol. The van der Waals surface area contributed by atoms with Crippen molar-refractivity contribution in [2.24, 2.45) is 0 Å². The Hall–Kier alpha value is -2.22. The van der Waals surface area contributed by atoms with E-state index in [1.165, 1.54) is 16.3 Å². The normalized spacial score (nSPS) is 10.5. The number of thiocyanates is 1. The predicted molar refractivity (Wildman–Crippen MR) is 101 cm³/mol. The number of amides is 1. The molecule has 0 saturated carbocycles. The van der Waals surface area contributed by atoms with Gasteiger partial charge in [-0.15, -0.1) is 5.10 Å². The maximum atomic E-state index is 12.2. The number of anilines is 1. The number of aromatic nitrogens is 3. The van der Waals surface area contributed by atoms with E-state index in [2.05, 4.69) is 15.5 Å². The van der Waals surface area contributed by atoms with E-state index in [1.54, 1.807) is 19.2 Å². The first kappa shape index (κ1) is 20.1. The Kier molecular flexibility index (Phi) is 7.77. The van der Waals surface area contributed by atoms with Crippen molar-refractivity contribution >= 4 is 35.1 Å². The molecule has 1 heterocycles. The number of H-pyrrole nitrogens is 1. The van der Waals surface area contributed by atoms with Crippen LogP contribution in [-0.4, -0.2) is 40.1 Å². The van der Waals surface area contributed by atoms with E-state index in [9.17, 15) is 9.59 Å².